The molecule has 0 unspecified atom stereocenters. The van der Waals surface area contributed by atoms with Gasteiger partial charge in [0.2, 0.25) is 0 Å². The molecule has 6 heteroatoms. The van der Waals surface area contributed by atoms with Gasteiger partial charge in [0, 0.05) is 25.7 Å². The molecule has 0 fully saturated rings. The summed E-state index contributed by atoms with van der Waals surface area (Å²) in [6.07, 6.45) is 1.09. The largest absolute Gasteiger partial charge is 0.494 e. The molecule has 0 saturated heterocycles. The maximum absolute atomic E-state index is 5.62. The predicted molar refractivity (Wildman–Crippen MR) is 104 cm³/mol. The lowest BCUT2D eigenvalue weighted by Gasteiger charge is -2.15. The Kier molecular flexibility index (Phi) is 11.9. The van der Waals surface area contributed by atoms with Gasteiger partial charge in [-0.2, -0.15) is 0 Å². The highest BCUT2D eigenvalue weighted by Crippen LogP contribution is 2.17. The van der Waals surface area contributed by atoms with Crippen LogP contribution in [0.3, 0.4) is 0 Å². The molecular weight excluding hydrogens is 391 g/mol. The molecule has 0 heterocycles. The number of benzene rings is 1. The summed E-state index contributed by atoms with van der Waals surface area (Å²) in [7, 11) is 5.95. The maximum Gasteiger partial charge on any atom is 0.191 e. The highest BCUT2D eigenvalue weighted by Gasteiger charge is 2.03. The quantitative estimate of drug-likeness (QED) is 0.293. The van der Waals surface area contributed by atoms with Crippen LogP contribution in [0.25, 0.3) is 0 Å². The summed E-state index contributed by atoms with van der Waals surface area (Å²) in [6.45, 7) is 5.34. The van der Waals surface area contributed by atoms with Crippen molar-refractivity contribution in [1.29, 1.82) is 0 Å². The summed E-state index contributed by atoms with van der Waals surface area (Å²) in [5, 5.41) is 6.64. The van der Waals surface area contributed by atoms with Crippen LogP contribution in [0, 0.1) is 0 Å². The summed E-state index contributed by atoms with van der Waals surface area (Å²) < 4.78 is 5.62. The zero-order chi connectivity index (χ0) is 15.5. The number of halogens is 1. The molecule has 22 heavy (non-hydrogen) atoms. The van der Waals surface area contributed by atoms with Crippen LogP contribution in [-0.4, -0.2) is 51.7 Å². The number of aliphatic imine (C=N–C) groups is 1. The topological polar surface area (TPSA) is 48.9 Å². The molecule has 1 rings (SSSR count). The Hall–Kier alpha value is -1.02. The minimum atomic E-state index is 0. The average Bonchev–Trinajstić information content (AvgIpc) is 2.48. The van der Waals surface area contributed by atoms with Crippen molar-refractivity contribution in [3.8, 4) is 5.75 Å². The molecule has 1 aromatic rings. The number of nitrogens with zero attached hydrogens (tertiary/aromatic N) is 2. The molecule has 0 aliphatic carbocycles. The highest BCUT2D eigenvalue weighted by molar-refractivity contribution is 14.0. The Morgan fingerprint density at radius 1 is 1.23 bits per heavy atom. The molecule has 0 aliphatic heterocycles. The third-order valence-corrected chi connectivity index (χ3v) is 3.02. The van der Waals surface area contributed by atoms with Gasteiger partial charge in [0.25, 0.3) is 0 Å². The summed E-state index contributed by atoms with van der Waals surface area (Å²) in [6, 6.07) is 8.07. The number of ether oxygens (including phenoxy) is 1. The summed E-state index contributed by atoms with van der Waals surface area (Å²) >= 11 is 0. The minimum absolute atomic E-state index is 0. The maximum atomic E-state index is 5.62. The molecule has 0 aliphatic rings. The van der Waals surface area contributed by atoms with E-state index >= 15 is 0 Å². The van der Waals surface area contributed by atoms with Gasteiger partial charge in [-0.25, -0.2) is 0 Å². The zero-order valence-corrected chi connectivity index (χ0v) is 16.4. The minimum Gasteiger partial charge on any atom is -0.494 e. The monoisotopic (exact) mass is 420 g/mol. The number of para-hydroxylation sites is 1. The number of rotatable bonds is 8. The van der Waals surface area contributed by atoms with Crippen LogP contribution in [0.2, 0.25) is 0 Å². The number of hydrogen-bond acceptors (Lipinski definition) is 3. The Bertz CT molecular complexity index is 438. The highest BCUT2D eigenvalue weighted by atomic mass is 127. The van der Waals surface area contributed by atoms with Crippen molar-refractivity contribution < 1.29 is 4.74 Å². The van der Waals surface area contributed by atoms with Crippen LogP contribution >= 0.6 is 24.0 Å². The van der Waals surface area contributed by atoms with Gasteiger partial charge in [0.1, 0.15) is 5.75 Å². The standard InChI is InChI=1S/C16H28N4O.HI/c1-5-21-15-10-7-6-9-14(15)13-19-16(17-2)18-11-8-12-20(3)4;/h6-7,9-10H,5,8,11-13H2,1-4H3,(H2,17,18,19);1H. The van der Waals surface area contributed by atoms with Gasteiger partial charge in [-0.15, -0.1) is 24.0 Å². The zero-order valence-electron chi connectivity index (χ0n) is 14.1. The summed E-state index contributed by atoms with van der Waals surface area (Å²) in [5.41, 5.74) is 1.13. The molecule has 0 spiro atoms. The van der Waals surface area contributed by atoms with Crippen molar-refractivity contribution in [2.45, 2.75) is 19.9 Å². The van der Waals surface area contributed by atoms with Crippen molar-refractivity contribution in [3.05, 3.63) is 29.8 Å². The second-order valence-corrected chi connectivity index (χ2v) is 5.05. The van der Waals surface area contributed by atoms with E-state index in [1.807, 2.05) is 25.1 Å². The predicted octanol–water partition coefficient (Wildman–Crippen LogP) is 2.32. The summed E-state index contributed by atoms with van der Waals surface area (Å²) in [4.78, 5) is 6.41. The van der Waals surface area contributed by atoms with Gasteiger partial charge >= 0.3 is 0 Å². The van der Waals surface area contributed by atoms with Crippen LogP contribution in [0.5, 0.6) is 5.75 Å². The first-order chi connectivity index (χ1) is 10.2. The number of nitrogens with one attached hydrogen (secondary N) is 2. The fraction of sp³-hybridized carbons (Fsp3) is 0.562. The molecule has 1 aromatic carbocycles. The van der Waals surface area contributed by atoms with E-state index in [0.717, 1.165) is 36.8 Å². The number of hydrogen-bond donors (Lipinski definition) is 2. The van der Waals surface area contributed by atoms with Crippen molar-refractivity contribution in [1.82, 2.24) is 15.5 Å². The molecule has 0 atom stereocenters. The lowest BCUT2D eigenvalue weighted by molar-refractivity contribution is 0.336. The second-order valence-electron chi connectivity index (χ2n) is 5.05. The van der Waals surface area contributed by atoms with E-state index in [2.05, 4.69) is 40.7 Å². The van der Waals surface area contributed by atoms with Crippen molar-refractivity contribution in [2.75, 3.05) is 40.8 Å². The lowest BCUT2D eigenvalue weighted by Crippen LogP contribution is -2.38. The third kappa shape index (κ3) is 8.43. The Morgan fingerprint density at radius 2 is 1.95 bits per heavy atom. The van der Waals surface area contributed by atoms with Crippen LogP contribution < -0.4 is 15.4 Å². The van der Waals surface area contributed by atoms with Crippen LogP contribution in [-0.2, 0) is 6.54 Å². The van der Waals surface area contributed by atoms with Crippen LogP contribution in [0.1, 0.15) is 18.9 Å². The summed E-state index contributed by atoms with van der Waals surface area (Å²) in [5.74, 6) is 1.75. The van der Waals surface area contributed by atoms with Gasteiger partial charge in [-0.3, -0.25) is 4.99 Å². The van der Waals surface area contributed by atoms with E-state index in [1.165, 1.54) is 0 Å². The molecule has 2 N–H and O–H groups in total. The third-order valence-electron chi connectivity index (χ3n) is 3.02. The fourth-order valence-corrected chi connectivity index (χ4v) is 1.95. The first-order valence-electron chi connectivity index (χ1n) is 7.47. The molecule has 0 aromatic heterocycles. The normalized spacial score (nSPS) is 11.0. The molecule has 5 nitrogen and oxygen atoms in total. The van der Waals surface area contributed by atoms with Gasteiger partial charge in [0.15, 0.2) is 5.96 Å². The van der Waals surface area contributed by atoms with E-state index in [1.54, 1.807) is 7.05 Å². The molecule has 0 saturated carbocycles. The van der Waals surface area contributed by atoms with Crippen molar-refractivity contribution >= 4 is 29.9 Å². The molecule has 0 amide bonds. The fourth-order valence-electron chi connectivity index (χ4n) is 1.95. The first-order valence-corrected chi connectivity index (χ1v) is 7.47. The Labute approximate surface area is 151 Å². The van der Waals surface area contributed by atoms with E-state index in [-0.39, 0.29) is 24.0 Å². The smallest absolute Gasteiger partial charge is 0.191 e. The Balaban J connectivity index is 0.00000441. The number of guanidine groups is 1. The molecule has 126 valence electrons. The van der Waals surface area contributed by atoms with Crippen molar-refractivity contribution in [3.63, 3.8) is 0 Å². The first kappa shape index (κ1) is 21.0. The van der Waals surface area contributed by atoms with Gasteiger partial charge in [-0.05, 0) is 40.1 Å². The Morgan fingerprint density at radius 3 is 2.59 bits per heavy atom. The molecule has 0 bridgehead atoms. The van der Waals surface area contributed by atoms with E-state index in [9.17, 15) is 0 Å². The van der Waals surface area contributed by atoms with Crippen LogP contribution in [0.15, 0.2) is 29.3 Å². The van der Waals surface area contributed by atoms with Gasteiger partial charge < -0.3 is 20.3 Å². The van der Waals surface area contributed by atoms with Crippen LogP contribution in [0.4, 0.5) is 0 Å². The van der Waals surface area contributed by atoms with Gasteiger partial charge in [-0.1, -0.05) is 18.2 Å². The van der Waals surface area contributed by atoms with Crippen molar-refractivity contribution in [2.24, 2.45) is 4.99 Å². The van der Waals surface area contributed by atoms with E-state index in [0.29, 0.717) is 13.2 Å². The van der Waals surface area contributed by atoms with E-state index < -0.39 is 0 Å². The lowest BCUT2D eigenvalue weighted by atomic mass is 10.2. The average molecular weight is 420 g/mol. The van der Waals surface area contributed by atoms with Gasteiger partial charge in [0.05, 0.1) is 6.61 Å². The molecule has 0 radical (unpaired) electrons. The SMILES string of the molecule is CCOc1ccccc1CNC(=NC)NCCCN(C)C.I. The second kappa shape index (κ2) is 12.5. The van der Waals surface area contributed by atoms with E-state index in [4.69, 9.17) is 4.74 Å². The molecular formula is C16H29IN4O.